The Morgan fingerprint density at radius 1 is 1.25 bits per heavy atom. The van der Waals surface area contributed by atoms with E-state index in [-0.39, 0.29) is 24.0 Å². The second-order valence-corrected chi connectivity index (χ2v) is 7.45. The van der Waals surface area contributed by atoms with Crippen LogP contribution in [0.5, 0.6) is 0 Å². The van der Waals surface area contributed by atoms with Gasteiger partial charge in [0.2, 0.25) is 5.91 Å². The molecule has 2 heterocycles. The first-order valence-corrected chi connectivity index (χ1v) is 9.77. The summed E-state index contributed by atoms with van der Waals surface area (Å²) in [5.74, 6) is 1.10. The molecule has 8 heteroatoms. The molecular weight excluding hydrogens is 330 g/mol. The Labute approximate surface area is 148 Å². The van der Waals surface area contributed by atoms with Crippen LogP contribution in [0.4, 0.5) is 4.79 Å². The summed E-state index contributed by atoms with van der Waals surface area (Å²) >= 11 is 1.92. The summed E-state index contributed by atoms with van der Waals surface area (Å²) < 4.78 is 10.2. The molecule has 2 rings (SSSR count). The number of fused-ring (bicyclic) bond motifs is 1. The van der Waals surface area contributed by atoms with E-state index in [9.17, 15) is 9.59 Å². The van der Waals surface area contributed by atoms with E-state index in [0.717, 1.165) is 31.4 Å². The molecule has 3 N–H and O–H groups in total. The van der Waals surface area contributed by atoms with Crippen LogP contribution < -0.4 is 16.0 Å². The predicted molar refractivity (Wildman–Crippen MR) is 94.3 cm³/mol. The summed E-state index contributed by atoms with van der Waals surface area (Å²) in [6.45, 7) is 2.50. The molecule has 0 radical (unpaired) electrons. The first-order valence-electron chi connectivity index (χ1n) is 8.72. The number of hydrogen-bond acceptors (Lipinski definition) is 5. The van der Waals surface area contributed by atoms with Crippen LogP contribution in [0, 0.1) is 0 Å². The number of rotatable bonds is 12. The summed E-state index contributed by atoms with van der Waals surface area (Å²) in [5, 5.41) is 9.34. The Morgan fingerprint density at radius 2 is 2.12 bits per heavy atom. The number of carbonyl (C=O) groups is 2. The minimum atomic E-state index is -0.0409. The van der Waals surface area contributed by atoms with Crippen molar-refractivity contribution in [2.45, 2.75) is 49.4 Å². The Bertz CT molecular complexity index is 411. The second kappa shape index (κ2) is 10.8. The van der Waals surface area contributed by atoms with E-state index in [1.54, 1.807) is 7.11 Å². The number of nitrogens with one attached hydrogen (secondary N) is 3. The molecule has 0 saturated carbocycles. The van der Waals surface area contributed by atoms with Gasteiger partial charge in [-0.25, -0.2) is 4.79 Å². The summed E-state index contributed by atoms with van der Waals surface area (Å²) in [6.07, 6.45) is 4.36. The second-order valence-electron chi connectivity index (χ2n) is 6.18. The molecule has 0 aliphatic carbocycles. The van der Waals surface area contributed by atoms with E-state index in [2.05, 4.69) is 16.0 Å². The zero-order valence-electron chi connectivity index (χ0n) is 14.3. The molecular formula is C16H29N3O4S. The van der Waals surface area contributed by atoms with Crippen LogP contribution >= 0.6 is 11.8 Å². The minimum Gasteiger partial charge on any atom is -0.382 e. The monoisotopic (exact) mass is 359 g/mol. The van der Waals surface area contributed by atoms with Crippen LogP contribution in [0.1, 0.15) is 32.1 Å². The molecule has 2 aliphatic heterocycles. The lowest BCUT2D eigenvalue weighted by molar-refractivity contribution is -0.121. The third-order valence-corrected chi connectivity index (χ3v) is 5.81. The van der Waals surface area contributed by atoms with Gasteiger partial charge in [0.1, 0.15) is 0 Å². The number of amides is 3. The molecule has 2 aliphatic rings. The fraction of sp³-hybridized carbons (Fsp3) is 0.875. The molecule has 2 fully saturated rings. The van der Waals surface area contributed by atoms with Crippen molar-refractivity contribution in [2.75, 3.05) is 39.2 Å². The summed E-state index contributed by atoms with van der Waals surface area (Å²) in [6, 6.07) is 0.497. The molecule has 0 unspecified atom stereocenters. The van der Waals surface area contributed by atoms with Gasteiger partial charge in [-0.05, 0) is 19.3 Å². The summed E-state index contributed by atoms with van der Waals surface area (Å²) in [4.78, 5) is 23.1. The molecule has 0 aromatic heterocycles. The van der Waals surface area contributed by atoms with Crippen LogP contribution in [0.3, 0.4) is 0 Å². The van der Waals surface area contributed by atoms with Gasteiger partial charge in [-0.1, -0.05) is 6.42 Å². The van der Waals surface area contributed by atoms with E-state index in [4.69, 9.17) is 9.47 Å². The van der Waals surface area contributed by atoms with Crippen molar-refractivity contribution < 1.29 is 19.1 Å². The maximum Gasteiger partial charge on any atom is 0.315 e. The molecule has 0 aromatic carbocycles. The maximum absolute atomic E-state index is 11.8. The molecule has 24 heavy (non-hydrogen) atoms. The van der Waals surface area contributed by atoms with Crippen molar-refractivity contribution in [1.82, 2.24) is 16.0 Å². The van der Waals surface area contributed by atoms with Crippen LogP contribution in [-0.4, -0.2) is 68.5 Å². The van der Waals surface area contributed by atoms with Gasteiger partial charge in [0.25, 0.3) is 0 Å². The van der Waals surface area contributed by atoms with E-state index in [0.29, 0.717) is 38.0 Å². The highest BCUT2D eigenvalue weighted by atomic mass is 32.2. The van der Waals surface area contributed by atoms with Crippen molar-refractivity contribution in [3.63, 3.8) is 0 Å². The number of carbonyl (C=O) groups excluding carboxylic acids is 2. The fourth-order valence-corrected chi connectivity index (χ4v) is 4.55. The van der Waals surface area contributed by atoms with Crippen LogP contribution in [0.15, 0.2) is 0 Å². The molecule has 0 spiro atoms. The Morgan fingerprint density at radius 3 is 2.96 bits per heavy atom. The lowest BCUT2D eigenvalue weighted by Gasteiger charge is -2.16. The zero-order valence-corrected chi connectivity index (χ0v) is 15.2. The lowest BCUT2D eigenvalue weighted by Crippen LogP contribution is -2.36. The zero-order chi connectivity index (χ0) is 17.2. The fourth-order valence-electron chi connectivity index (χ4n) is 3.01. The molecule has 0 bridgehead atoms. The van der Waals surface area contributed by atoms with E-state index < -0.39 is 0 Å². The van der Waals surface area contributed by atoms with Gasteiger partial charge >= 0.3 is 6.03 Å². The average molecular weight is 359 g/mol. The number of unbranched alkanes of at least 4 members (excludes halogenated alkanes) is 1. The normalized spacial score (nSPS) is 25.2. The van der Waals surface area contributed by atoms with Crippen molar-refractivity contribution >= 4 is 23.7 Å². The highest BCUT2D eigenvalue weighted by Crippen LogP contribution is 2.33. The molecule has 0 aromatic rings. The van der Waals surface area contributed by atoms with Gasteiger partial charge in [-0.15, -0.1) is 0 Å². The third kappa shape index (κ3) is 6.49. The number of ether oxygens (including phenoxy) is 2. The number of methoxy groups -OCH3 is 1. The lowest BCUT2D eigenvalue weighted by atomic mass is 10.0. The van der Waals surface area contributed by atoms with Crippen LogP contribution in [-0.2, 0) is 14.3 Å². The van der Waals surface area contributed by atoms with E-state index in [1.807, 2.05) is 11.8 Å². The van der Waals surface area contributed by atoms with E-state index >= 15 is 0 Å². The largest absolute Gasteiger partial charge is 0.382 e. The van der Waals surface area contributed by atoms with Crippen molar-refractivity contribution in [1.29, 1.82) is 0 Å². The van der Waals surface area contributed by atoms with Crippen LogP contribution in [0.2, 0.25) is 0 Å². The molecule has 7 nitrogen and oxygen atoms in total. The SMILES string of the molecule is COCCOCCCNC(=O)CCCC[C@@H]1SC[C@@H]2NC(=O)N[C@@H]21. The van der Waals surface area contributed by atoms with Gasteiger partial charge in [0.15, 0.2) is 0 Å². The van der Waals surface area contributed by atoms with Gasteiger partial charge in [-0.3, -0.25) is 4.79 Å². The molecule has 2 saturated heterocycles. The number of hydrogen-bond donors (Lipinski definition) is 3. The van der Waals surface area contributed by atoms with Gasteiger partial charge in [0, 0.05) is 37.7 Å². The van der Waals surface area contributed by atoms with E-state index in [1.165, 1.54) is 0 Å². The molecule has 3 amide bonds. The minimum absolute atomic E-state index is 0.0409. The third-order valence-electron chi connectivity index (χ3n) is 4.30. The number of urea groups is 1. The first-order chi connectivity index (χ1) is 11.7. The number of thioether (sulfide) groups is 1. The van der Waals surface area contributed by atoms with Gasteiger partial charge in [-0.2, -0.15) is 11.8 Å². The Kier molecular flexibility index (Phi) is 8.69. The first kappa shape index (κ1) is 19.3. The van der Waals surface area contributed by atoms with Crippen molar-refractivity contribution in [3.8, 4) is 0 Å². The van der Waals surface area contributed by atoms with Crippen molar-refractivity contribution in [2.24, 2.45) is 0 Å². The van der Waals surface area contributed by atoms with Crippen LogP contribution in [0.25, 0.3) is 0 Å². The summed E-state index contributed by atoms with van der Waals surface area (Å²) in [5.41, 5.74) is 0. The average Bonchev–Trinajstić information content (AvgIpc) is 3.10. The van der Waals surface area contributed by atoms with Gasteiger partial charge < -0.3 is 25.4 Å². The quantitative estimate of drug-likeness (QED) is 0.356. The maximum atomic E-state index is 11.8. The summed E-state index contributed by atoms with van der Waals surface area (Å²) in [7, 11) is 1.65. The standard InChI is InChI=1S/C16H29N3O4S/c1-22-9-10-23-8-4-7-17-14(20)6-3-2-5-13-15-12(11-24-13)18-16(21)19-15/h12-13,15H,2-11H2,1H3,(H,17,20)(H2,18,19,21)/t12-,13-,15-/m0/s1. The Balaban J connectivity index is 1.43. The smallest absolute Gasteiger partial charge is 0.315 e. The predicted octanol–water partition coefficient (Wildman–Crippen LogP) is 0.882. The molecule has 3 atom stereocenters. The highest BCUT2D eigenvalue weighted by molar-refractivity contribution is 8.00. The van der Waals surface area contributed by atoms with Crippen molar-refractivity contribution in [3.05, 3.63) is 0 Å². The Hall–Kier alpha value is -0.990. The van der Waals surface area contributed by atoms with Gasteiger partial charge in [0.05, 0.1) is 25.3 Å². The topological polar surface area (TPSA) is 88.7 Å². The highest BCUT2D eigenvalue weighted by Gasteiger charge is 2.42. The molecule has 138 valence electrons.